The summed E-state index contributed by atoms with van der Waals surface area (Å²) in [5.74, 6) is 0.825. The fourth-order valence-electron chi connectivity index (χ4n) is 4.80. The molecule has 0 bridgehead atoms. The Balaban J connectivity index is 1.36. The maximum absolute atomic E-state index is 13.7. The lowest BCUT2D eigenvalue weighted by Gasteiger charge is -2.32. The molecule has 1 aliphatic heterocycles. The molecule has 2 aromatic carbocycles. The molecular formula is C29H29N3O3. The molecule has 0 radical (unpaired) electrons. The molecule has 35 heavy (non-hydrogen) atoms. The van der Waals surface area contributed by atoms with Gasteiger partial charge in [-0.15, -0.1) is 0 Å². The van der Waals surface area contributed by atoms with E-state index < -0.39 is 0 Å². The van der Waals surface area contributed by atoms with Crippen molar-refractivity contribution in [3.8, 4) is 11.3 Å². The van der Waals surface area contributed by atoms with Crippen molar-refractivity contribution < 1.29 is 14.0 Å². The van der Waals surface area contributed by atoms with Crippen LogP contribution in [0.5, 0.6) is 0 Å². The van der Waals surface area contributed by atoms with E-state index in [9.17, 15) is 9.59 Å². The lowest BCUT2D eigenvalue weighted by Crippen LogP contribution is -2.46. The van der Waals surface area contributed by atoms with Gasteiger partial charge < -0.3 is 14.6 Å². The summed E-state index contributed by atoms with van der Waals surface area (Å²) in [7, 11) is 0. The molecule has 1 aliphatic rings. The number of fused-ring (bicyclic) bond motifs is 1. The van der Waals surface area contributed by atoms with Crippen molar-refractivity contribution in [3.05, 3.63) is 88.9 Å². The van der Waals surface area contributed by atoms with E-state index in [1.165, 1.54) is 5.56 Å². The van der Waals surface area contributed by atoms with Crippen LogP contribution >= 0.6 is 0 Å². The van der Waals surface area contributed by atoms with Crippen molar-refractivity contribution in [2.45, 2.75) is 39.7 Å². The summed E-state index contributed by atoms with van der Waals surface area (Å²) in [6.45, 7) is 7.12. The van der Waals surface area contributed by atoms with E-state index in [4.69, 9.17) is 9.40 Å². The second kappa shape index (κ2) is 9.37. The van der Waals surface area contributed by atoms with Gasteiger partial charge in [-0.25, -0.2) is 4.98 Å². The van der Waals surface area contributed by atoms with Crippen LogP contribution < -0.4 is 5.32 Å². The third-order valence-electron chi connectivity index (χ3n) is 6.69. The second-order valence-corrected chi connectivity index (χ2v) is 9.34. The minimum Gasteiger partial charge on any atom is -0.456 e. The summed E-state index contributed by atoms with van der Waals surface area (Å²) in [5, 5.41) is 3.89. The first-order chi connectivity index (χ1) is 16.9. The van der Waals surface area contributed by atoms with Gasteiger partial charge >= 0.3 is 0 Å². The molecule has 0 spiro atoms. The number of hydrogen-bond donors (Lipinski definition) is 1. The molecule has 6 heteroatoms. The van der Waals surface area contributed by atoms with Crippen LogP contribution in [0.1, 0.15) is 50.6 Å². The van der Waals surface area contributed by atoms with Gasteiger partial charge in [-0.2, -0.15) is 0 Å². The van der Waals surface area contributed by atoms with Crippen molar-refractivity contribution in [2.75, 3.05) is 13.1 Å². The number of pyridine rings is 1. The molecule has 0 unspecified atom stereocenters. The number of carbonyl (C=O) groups is 2. The number of nitrogens with one attached hydrogen (secondary N) is 1. The highest BCUT2D eigenvalue weighted by Gasteiger charge is 2.27. The average Bonchev–Trinajstić information content (AvgIpc) is 3.30. The van der Waals surface area contributed by atoms with E-state index in [2.05, 4.69) is 37.4 Å². The molecule has 0 aliphatic carbocycles. The topological polar surface area (TPSA) is 75.4 Å². The van der Waals surface area contributed by atoms with Crippen LogP contribution in [0.25, 0.3) is 22.2 Å². The standard InChI is InChI=1S/C29H29N3O3/c1-18-8-10-22(19(2)16-18)26-17-24(23-6-4-5-7-25(23)31-26)29(34)32-14-12-21(13-15-32)30-28(33)27-11-9-20(3)35-27/h4-11,16-17,21H,12-15H2,1-3H3,(H,30,33). The highest BCUT2D eigenvalue weighted by Crippen LogP contribution is 2.29. The molecule has 5 rings (SSSR count). The number of benzene rings is 2. The number of amides is 2. The Labute approximate surface area is 205 Å². The van der Waals surface area contributed by atoms with Gasteiger partial charge in [0.25, 0.3) is 11.8 Å². The first kappa shape index (κ1) is 22.8. The number of aromatic nitrogens is 1. The van der Waals surface area contributed by atoms with Crippen molar-refractivity contribution in [2.24, 2.45) is 0 Å². The Bertz CT molecular complexity index is 1410. The quantitative estimate of drug-likeness (QED) is 0.433. The number of carbonyl (C=O) groups excluding carboxylic acids is 2. The lowest BCUT2D eigenvalue weighted by molar-refractivity contribution is 0.0697. The Kier molecular flexibility index (Phi) is 6.12. The molecule has 0 saturated carbocycles. The third-order valence-corrected chi connectivity index (χ3v) is 6.69. The van der Waals surface area contributed by atoms with Crippen LogP contribution in [0.15, 0.2) is 65.1 Å². The van der Waals surface area contributed by atoms with Gasteiger partial charge in [-0.3, -0.25) is 9.59 Å². The van der Waals surface area contributed by atoms with E-state index >= 15 is 0 Å². The molecule has 1 saturated heterocycles. The monoisotopic (exact) mass is 467 g/mol. The maximum Gasteiger partial charge on any atom is 0.287 e. The number of para-hydroxylation sites is 1. The molecule has 0 atom stereocenters. The minimum absolute atomic E-state index is 0.000973. The van der Waals surface area contributed by atoms with Crippen molar-refractivity contribution >= 4 is 22.7 Å². The average molecular weight is 468 g/mol. The normalized spacial score (nSPS) is 14.3. The second-order valence-electron chi connectivity index (χ2n) is 9.34. The SMILES string of the molecule is Cc1ccc(-c2cc(C(=O)N3CCC(NC(=O)c4ccc(C)o4)CC3)c3ccccc3n2)c(C)c1. The Morgan fingerprint density at radius 3 is 2.46 bits per heavy atom. The van der Waals surface area contributed by atoms with Gasteiger partial charge in [0.05, 0.1) is 16.8 Å². The predicted octanol–water partition coefficient (Wildman–Crippen LogP) is 5.45. The summed E-state index contributed by atoms with van der Waals surface area (Å²) in [6, 6.07) is 19.5. The van der Waals surface area contributed by atoms with Gasteiger partial charge in [0.2, 0.25) is 0 Å². The highest BCUT2D eigenvalue weighted by atomic mass is 16.3. The van der Waals surface area contributed by atoms with E-state index in [1.807, 2.05) is 42.2 Å². The summed E-state index contributed by atoms with van der Waals surface area (Å²) in [5.41, 5.74) is 5.64. The largest absolute Gasteiger partial charge is 0.456 e. The number of piperidine rings is 1. The number of nitrogens with zero attached hydrogens (tertiary/aromatic N) is 2. The van der Waals surface area contributed by atoms with Crippen LogP contribution in [0.3, 0.4) is 0 Å². The van der Waals surface area contributed by atoms with E-state index in [0.717, 1.165) is 27.7 Å². The summed E-state index contributed by atoms with van der Waals surface area (Å²) >= 11 is 0. The molecule has 2 aromatic heterocycles. The van der Waals surface area contributed by atoms with Crippen molar-refractivity contribution in [1.29, 1.82) is 0 Å². The van der Waals surface area contributed by atoms with Crippen LogP contribution in [0, 0.1) is 20.8 Å². The summed E-state index contributed by atoms with van der Waals surface area (Å²) in [4.78, 5) is 32.9. The number of hydrogen-bond acceptors (Lipinski definition) is 4. The molecule has 2 amide bonds. The van der Waals surface area contributed by atoms with Gasteiger partial charge in [-0.05, 0) is 63.4 Å². The molecule has 1 N–H and O–H groups in total. The number of furan rings is 1. The molecule has 4 aromatic rings. The maximum atomic E-state index is 13.7. The first-order valence-corrected chi connectivity index (χ1v) is 12.0. The smallest absolute Gasteiger partial charge is 0.287 e. The molecular weight excluding hydrogens is 438 g/mol. The molecule has 1 fully saturated rings. The van der Waals surface area contributed by atoms with Gasteiger partial charge in [-0.1, -0.05) is 42.0 Å². The van der Waals surface area contributed by atoms with Crippen LogP contribution in [0.4, 0.5) is 0 Å². The number of aryl methyl sites for hydroxylation is 3. The highest BCUT2D eigenvalue weighted by molar-refractivity contribution is 6.07. The number of rotatable bonds is 4. The fraction of sp³-hybridized carbons (Fsp3) is 0.276. The van der Waals surface area contributed by atoms with E-state index in [-0.39, 0.29) is 17.9 Å². The van der Waals surface area contributed by atoms with Crippen LogP contribution in [-0.4, -0.2) is 40.8 Å². The van der Waals surface area contributed by atoms with Gasteiger partial charge in [0.1, 0.15) is 5.76 Å². The van der Waals surface area contributed by atoms with E-state index in [0.29, 0.717) is 43.0 Å². The fourth-order valence-corrected chi connectivity index (χ4v) is 4.80. The summed E-state index contributed by atoms with van der Waals surface area (Å²) in [6.07, 6.45) is 1.40. The van der Waals surface area contributed by atoms with Gasteiger partial charge in [0.15, 0.2) is 5.76 Å². The number of likely N-dealkylation sites (tertiary alicyclic amines) is 1. The third kappa shape index (κ3) is 4.69. The minimum atomic E-state index is -0.207. The lowest BCUT2D eigenvalue weighted by atomic mass is 9.98. The van der Waals surface area contributed by atoms with Crippen LogP contribution in [-0.2, 0) is 0 Å². The zero-order chi connectivity index (χ0) is 24.5. The zero-order valence-electron chi connectivity index (χ0n) is 20.3. The Morgan fingerprint density at radius 1 is 0.971 bits per heavy atom. The Hall–Kier alpha value is -3.93. The van der Waals surface area contributed by atoms with Crippen LogP contribution in [0.2, 0.25) is 0 Å². The Morgan fingerprint density at radius 2 is 1.74 bits per heavy atom. The van der Waals surface area contributed by atoms with E-state index in [1.54, 1.807) is 12.1 Å². The molecule has 178 valence electrons. The molecule has 6 nitrogen and oxygen atoms in total. The van der Waals surface area contributed by atoms with Gasteiger partial charge in [0, 0.05) is 30.1 Å². The predicted molar refractivity (Wildman–Crippen MR) is 136 cm³/mol. The van der Waals surface area contributed by atoms with Crippen molar-refractivity contribution in [1.82, 2.24) is 15.2 Å². The first-order valence-electron chi connectivity index (χ1n) is 12.0. The van der Waals surface area contributed by atoms with Crippen molar-refractivity contribution in [3.63, 3.8) is 0 Å². The molecule has 3 heterocycles. The summed E-state index contributed by atoms with van der Waals surface area (Å²) < 4.78 is 5.42. The zero-order valence-corrected chi connectivity index (χ0v) is 20.3.